The Labute approximate surface area is 289 Å². The van der Waals surface area contributed by atoms with Gasteiger partial charge in [-0.2, -0.15) is 21.6 Å². The van der Waals surface area contributed by atoms with Crippen LogP contribution in [-0.4, -0.2) is 69.2 Å². The van der Waals surface area contributed by atoms with Crippen LogP contribution in [0.5, 0.6) is 0 Å². The molecule has 290 valence electrons. The number of nitrogens with two attached hydrogens (primary N) is 1. The fraction of sp³-hybridized carbons (Fsp3) is 0.412. The molecule has 35 heteroatoms. The lowest BCUT2D eigenvalue weighted by Gasteiger charge is -2.21. The topological polar surface area (TPSA) is 435 Å². The van der Waals surface area contributed by atoms with Crippen molar-refractivity contribution in [2.45, 2.75) is 37.6 Å². The Bertz CT molecular complexity index is 2010. The predicted molar refractivity (Wildman–Crippen MR) is 165 cm³/mol. The monoisotopic (exact) mass is 864 g/mol. The van der Waals surface area contributed by atoms with Crippen LogP contribution in [0.4, 0.5) is 11.5 Å². The van der Waals surface area contributed by atoms with Crippen molar-refractivity contribution in [2.75, 3.05) is 6.61 Å². The van der Waals surface area contributed by atoms with E-state index in [4.69, 9.17) is 16.0 Å². The van der Waals surface area contributed by atoms with Crippen molar-refractivity contribution in [1.29, 1.82) is 0 Å². The zero-order chi connectivity index (χ0) is 38.8. The number of azide groups is 1. The summed E-state index contributed by atoms with van der Waals surface area (Å²) in [6.07, 6.45) is -1.95. The maximum atomic E-state index is 12.3. The molecule has 10 atom stereocenters. The first-order valence-electron chi connectivity index (χ1n) is 13.3. The number of ether oxygens (including phenoxy) is 1. The highest BCUT2D eigenvalue weighted by Crippen LogP contribution is 2.75. The molecule has 7 unspecified atom stereocenters. The van der Waals surface area contributed by atoms with Crippen molar-refractivity contribution in [3.63, 3.8) is 0 Å². The Morgan fingerprint density at radius 1 is 0.885 bits per heavy atom. The highest BCUT2D eigenvalue weighted by Gasteiger charge is 2.50. The number of nitrogens with one attached hydrogen (secondary N) is 1. The van der Waals surface area contributed by atoms with Gasteiger partial charge in [0.1, 0.15) is 24.2 Å². The molecule has 0 saturated carbocycles. The van der Waals surface area contributed by atoms with E-state index in [9.17, 15) is 61.9 Å². The van der Waals surface area contributed by atoms with Gasteiger partial charge in [-0.05, 0) is 11.1 Å². The lowest BCUT2D eigenvalue weighted by atomic mass is 10.2. The number of rotatable bonds is 18. The zero-order valence-electron chi connectivity index (χ0n) is 25.2. The van der Waals surface area contributed by atoms with E-state index in [1.807, 2.05) is 0 Å². The number of aliphatic hydroxyl groups is 1. The maximum Gasteiger partial charge on any atom is 0.490 e. The lowest BCUT2D eigenvalue weighted by Crippen LogP contribution is -2.30. The molecule has 1 aromatic heterocycles. The Hall–Kier alpha value is -2.05. The summed E-state index contributed by atoms with van der Waals surface area (Å²) in [6, 6.07) is 4.99. The quantitative estimate of drug-likeness (QED) is 0.0450. The molecular formula is C17H26N8O21P6. The number of benzene rings is 1. The van der Waals surface area contributed by atoms with Gasteiger partial charge in [-0.3, -0.25) is 13.6 Å². The van der Waals surface area contributed by atoms with Crippen LogP contribution in [0.1, 0.15) is 30.1 Å². The molecule has 0 amide bonds. The number of phosphoric acid groups is 6. The van der Waals surface area contributed by atoms with Gasteiger partial charge in [-0.1, -0.05) is 29.4 Å². The molecule has 0 radical (unpaired) electrons. The molecule has 1 saturated heterocycles. The summed E-state index contributed by atoms with van der Waals surface area (Å²) in [6.45, 7) is -1.81. The molecule has 0 bridgehead atoms. The van der Waals surface area contributed by atoms with Crippen molar-refractivity contribution >= 4 is 64.8 Å². The Morgan fingerprint density at radius 2 is 1.40 bits per heavy atom. The zero-order valence-corrected chi connectivity index (χ0v) is 30.6. The molecule has 4 rings (SSSR count). The minimum absolute atomic E-state index is 0.118. The van der Waals surface area contributed by atoms with Crippen molar-refractivity contribution in [2.24, 2.45) is 15.8 Å². The van der Waals surface area contributed by atoms with E-state index in [0.717, 1.165) is 0 Å². The molecule has 10 N–H and O–H groups in total. The third-order valence-electron chi connectivity index (χ3n) is 5.97. The van der Waals surface area contributed by atoms with Crippen LogP contribution in [0.3, 0.4) is 0 Å². The molecule has 3 heterocycles. The summed E-state index contributed by atoms with van der Waals surface area (Å²) < 4.78 is 107. The van der Waals surface area contributed by atoms with Crippen LogP contribution >= 0.6 is 46.9 Å². The highest BCUT2D eigenvalue weighted by atomic mass is 31.3. The number of phosphoric ester groups is 2. The van der Waals surface area contributed by atoms with E-state index in [1.54, 1.807) is 0 Å². The molecule has 1 fully saturated rings. The van der Waals surface area contributed by atoms with Crippen LogP contribution in [0.15, 0.2) is 40.7 Å². The number of hydrogen-bond acceptors (Lipinski definition) is 20. The second-order valence-corrected chi connectivity index (χ2v) is 19.2. The van der Waals surface area contributed by atoms with E-state index in [2.05, 4.69) is 55.9 Å². The van der Waals surface area contributed by atoms with Gasteiger partial charge in [0.05, 0.1) is 32.0 Å². The lowest BCUT2D eigenvalue weighted by molar-refractivity contribution is -0.0429. The minimum atomic E-state index is -6.46. The summed E-state index contributed by atoms with van der Waals surface area (Å²) in [7, 11) is -36.9. The smallest absolute Gasteiger partial charge is 0.390 e. The van der Waals surface area contributed by atoms with Gasteiger partial charge in [0, 0.05) is 17.0 Å². The standard InChI is InChI=1S/C17H26N8O21P6/c18-16-15-17(21-8-20-16)25(9-22-15)14-5-12(26)13(41-14)7-40-48(29,30)43-50(33,34)45-52(37,38)46-51(35,36)44-49(31,32)42-47(27,28)39-6-10-1-3-11(4-2-10)23-24-19/h1-4,8-9,12-14,16,26H,5-7,18H2,(H,20,21)(H,27,28)(H,29,30)(H,31,32)(H,33,34)(H,35,36)(H,37,38)/t12-,13-,14-,16?/m1/s1. The van der Waals surface area contributed by atoms with E-state index in [0.29, 0.717) is 5.69 Å². The summed E-state index contributed by atoms with van der Waals surface area (Å²) in [5, 5.41) is 16.3. The molecule has 1 aromatic carbocycles. The van der Waals surface area contributed by atoms with Crippen molar-refractivity contribution in [3.05, 3.63) is 52.3 Å². The number of hydrogen-bond donors (Lipinski definition) is 9. The van der Waals surface area contributed by atoms with Gasteiger partial charge in [-0.15, -0.1) is 0 Å². The Kier molecular flexibility index (Phi) is 13.4. The third kappa shape index (κ3) is 12.5. The van der Waals surface area contributed by atoms with Gasteiger partial charge in [0.2, 0.25) is 0 Å². The van der Waals surface area contributed by atoms with Crippen LogP contribution in [0.2, 0.25) is 0 Å². The first-order chi connectivity index (χ1) is 23.9. The van der Waals surface area contributed by atoms with Crippen molar-refractivity contribution in [3.8, 4) is 0 Å². The number of nitrogens with zero attached hydrogens (tertiary/aromatic N) is 6. The van der Waals surface area contributed by atoms with Crippen molar-refractivity contribution < 1.29 is 97.2 Å². The third-order valence-corrected chi connectivity index (χ3v) is 15.2. The van der Waals surface area contributed by atoms with Gasteiger partial charge < -0.3 is 50.3 Å². The fourth-order valence-electron chi connectivity index (χ4n) is 4.02. The normalized spacial score (nSPS) is 26.9. The van der Waals surface area contributed by atoms with E-state index < -0.39 is 84.8 Å². The molecule has 0 spiro atoms. The average Bonchev–Trinajstić information content (AvgIpc) is 3.56. The van der Waals surface area contributed by atoms with Gasteiger partial charge >= 0.3 is 46.9 Å². The second kappa shape index (κ2) is 16.4. The molecular weight excluding hydrogens is 838 g/mol. The van der Waals surface area contributed by atoms with E-state index in [1.165, 1.54) is 41.5 Å². The number of fused-ring (bicyclic) bond motifs is 1. The van der Waals surface area contributed by atoms with Gasteiger partial charge in [0.25, 0.3) is 0 Å². The molecule has 2 aromatic rings. The number of aromatic nitrogens is 2. The van der Waals surface area contributed by atoms with Crippen LogP contribution < -0.4 is 11.1 Å². The van der Waals surface area contributed by atoms with Crippen molar-refractivity contribution in [1.82, 2.24) is 14.9 Å². The minimum Gasteiger partial charge on any atom is -0.390 e. The maximum absolute atomic E-state index is 12.3. The average molecular weight is 864 g/mol. The number of aliphatic imine (C=N–C) groups is 1. The molecule has 0 aliphatic carbocycles. The Balaban J connectivity index is 1.28. The number of aliphatic hydroxyl groups excluding tert-OH is 1. The van der Waals surface area contributed by atoms with Gasteiger partial charge in [0.15, 0.2) is 5.82 Å². The summed E-state index contributed by atoms with van der Waals surface area (Å²) >= 11 is 0. The molecule has 2 aliphatic rings. The molecule has 2 aliphatic heterocycles. The second-order valence-electron chi connectivity index (χ2n) is 9.84. The van der Waals surface area contributed by atoms with E-state index >= 15 is 0 Å². The Morgan fingerprint density at radius 3 is 1.94 bits per heavy atom. The van der Waals surface area contributed by atoms with Crippen LogP contribution in [0.25, 0.3) is 10.4 Å². The largest absolute Gasteiger partial charge is 0.490 e. The number of imidazole rings is 1. The van der Waals surface area contributed by atoms with Crippen LogP contribution in [-0.2, 0) is 69.3 Å². The molecule has 52 heavy (non-hydrogen) atoms. The molecule has 29 nitrogen and oxygen atoms in total. The fourth-order valence-corrected chi connectivity index (χ4v) is 11.8. The summed E-state index contributed by atoms with van der Waals surface area (Å²) in [4.78, 5) is 68.9. The summed E-state index contributed by atoms with van der Waals surface area (Å²) in [5.74, 6) is 0.272. The summed E-state index contributed by atoms with van der Waals surface area (Å²) in [5.41, 5.74) is 14.8. The first-order valence-corrected chi connectivity index (χ1v) is 22.3. The predicted octanol–water partition coefficient (Wildman–Crippen LogP) is 2.61. The SMILES string of the molecule is [N-]=[N+]=Nc1ccc(COP(=O)(O)OP(=O)(O)OP(=O)(O)OP(=O)(O)OP(=O)(O)OP(=O)(O)OC[C@H]2O[C@@H](n3cnc4c3N=CNC4N)C[C@H]2O)cc1. The highest BCUT2D eigenvalue weighted by molar-refractivity contribution is 7.72. The van der Waals surface area contributed by atoms with Crippen LogP contribution in [0, 0.1) is 0 Å². The van der Waals surface area contributed by atoms with E-state index in [-0.39, 0.29) is 23.5 Å². The van der Waals surface area contributed by atoms with Gasteiger partial charge in [-0.25, -0.2) is 37.4 Å². The first kappa shape index (κ1) is 42.7.